The maximum atomic E-state index is 13.0. The van der Waals surface area contributed by atoms with Crippen LogP contribution in [0.4, 0.5) is 0 Å². The van der Waals surface area contributed by atoms with Gasteiger partial charge in [0.2, 0.25) is 0 Å². The minimum Gasteiger partial charge on any atom is -0.497 e. The summed E-state index contributed by atoms with van der Waals surface area (Å²) in [6.07, 6.45) is 0.162. The van der Waals surface area contributed by atoms with Crippen molar-refractivity contribution in [3.63, 3.8) is 0 Å². The van der Waals surface area contributed by atoms with Crippen LogP contribution in [-0.2, 0) is 16.1 Å². The Hall–Kier alpha value is -2.82. The molecule has 2 aromatic carbocycles. The van der Waals surface area contributed by atoms with Crippen molar-refractivity contribution < 1.29 is 19.1 Å². The molecule has 0 radical (unpaired) electrons. The molecular formula is C21H25NO4. The van der Waals surface area contributed by atoms with Crippen LogP contribution in [0.1, 0.15) is 34.8 Å². The van der Waals surface area contributed by atoms with Crippen LogP contribution in [0, 0.1) is 6.92 Å². The molecule has 0 aliphatic rings. The number of ether oxygens (including phenoxy) is 2. The molecule has 26 heavy (non-hydrogen) atoms. The zero-order valence-electron chi connectivity index (χ0n) is 15.5. The zero-order valence-corrected chi connectivity index (χ0v) is 15.5. The number of rotatable bonds is 8. The molecule has 0 bridgehead atoms. The smallest absolute Gasteiger partial charge is 0.307 e. The van der Waals surface area contributed by atoms with Crippen LogP contribution in [0.25, 0.3) is 0 Å². The Bertz CT molecular complexity index is 740. The highest BCUT2D eigenvalue weighted by molar-refractivity contribution is 5.94. The predicted octanol–water partition coefficient (Wildman–Crippen LogP) is 3.60. The fourth-order valence-electron chi connectivity index (χ4n) is 2.56. The molecule has 2 rings (SSSR count). The van der Waals surface area contributed by atoms with E-state index in [0.29, 0.717) is 31.0 Å². The third kappa shape index (κ3) is 5.62. The fraction of sp³-hybridized carbons (Fsp3) is 0.333. The summed E-state index contributed by atoms with van der Waals surface area (Å²) < 4.78 is 10.2. The van der Waals surface area contributed by atoms with E-state index in [9.17, 15) is 9.59 Å². The molecule has 0 saturated heterocycles. The van der Waals surface area contributed by atoms with Crippen molar-refractivity contribution in [3.05, 3.63) is 65.2 Å². The molecule has 0 fully saturated rings. The molecule has 5 nitrogen and oxygen atoms in total. The van der Waals surface area contributed by atoms with Gasteiger partial charge in [-0.05, 0) is 37.6 Å². The largest absolute Gasteiger partial charge is 0.497 e. The predicted molar refractivity (Wildman–Crippen MR) is 100 cm³/mol. The van der Waals surface area contributed by atoms with Gasteiger partial charge in [0.15, 0.2) is 0 Å². The van der Waals surface area contributed by atoms with Gasteiger partial charge in [-0.2, -0.15) is 0 Å². The van der Waals surface area contributed by atoms with E-state index < -0.39 is 0 Å². The second-order valence-electron chi connectivity index (χ2n) is 6.00. The number of hydrogen-bond donors (Lipinski definition) is 0. The summed E-state index contributed by atoms with van der Waals surface area (Å²) in [5.74, 6) is 0.171. The first-order chi connectivity index (χ1) is 12.5. The molecule has 0 aliphatic heterocycles. The molecule has 5 heteroatoms. The van der Waals surface area contributed by atoms with E-state index in [-0.39, 0.29) is 18.3 Å². The Morgan fingerprint density at radius 2 is 1.81 bits per heavy atom. The first kappa shape index (κ1) is 19.5. The second kappa shape index (κ2) is 9.61. The van der Waals surface area contributed by atoms with E-state index in [1.54, 1.807) is 43.2 Å². The van der Waals surface area contributed by atoms with Crippen molar-refractivity contribution in [2.75, 3.05) is 20.3 Å². The van der Waals surface area contributed by atoms with Crippen molar-refractivity contribution in [1.82, 2.24) is 4.90 Å². The van der Waals surface area contributed by atoms with Gasteiger partial charge in [-0.1, -0.05) is 35.9 Å². The van der Waals surface area contributed by atoms with Crippen LogP contribution in [0.3, 0.4) is 0 Å². The molecule has 138 valence electrons. The first-order valence-corrected chi connectivity index (χ1v) is 8.68. The lowest BCUT2D eigenvalue weighted by molar-refractivity contribution is -0.143. The molecule has 0 aromatic heterocycles. The summed E-state index contributed by atoms with van der Waals surface area (Å²) in [7, 11) is 1.56. The van der Waals surface area contributed by atoms with Crippen molar-refractivity contribution >= 4 is 11.9 Å². The highest BCUT2D eigenvalue weighted by Crippen LogP contribution is 2.17. The average molecular weight is 355 g/mol. The molecule has 0 N–H and O–H groups in total. The van der Waals surface area contributed by atoms with Crippen molar-refractivity contribution in [2.24, 2.45) is 0 Å². The number of methoxy groups -OCH3 is 1. The van der Waals surface area contributed by atoms with Gasteiger partial charge >= 0.3 is 5.97 Å². The molecular weight excluding hydrogens is 330 g/mol. The lowest BCUT2D eigenvalue weighted by atomic mass is 10.1. The number of aryl methyl sites for hydroxylation is 1. The SMILES string of the molecule is CCOC(=O)CCN(Cc1ccc(C)cc1)C(=O)c1cccc(OC)c1. The van der Waals surface area contributed by atoms with E-state index in [1.807, 2.05) is 31.2 Å². The van der Waals surface area contributed by atoms with Gasteiger partial charge in [0, 0.05) is 18.7 Å². The molecule has 2 aromatic rings. The van der Waals surface area contributed by atoms with Crippen LogP contribution in [0.2, 0.25) is 0 Å². The minimum absolute atomic E-state index is 0.145. The monoisotopic (exact) mass is 355 g/mol. The average Bonchev–Trinajstić information content (AvgIpc) is 2.66. The lowest BCUT2D eigenvalue weighted by Gasteiger charge is -2.23. The summed E-state index contributed by atoms with van der Waals surface area (Å²) in [6, 6.07) is 15.0. The second-order valence-corrected chi connectivity index (χ2v) is 6.00. The Morgan fingerprint density at radius 1 is 1.08 bits per heavy atom. The summed E-state index contributed by atoms with van der Waals surface area (Å²) in [5, 5.41) is 0. The third-order valence-electron chi connectivity index (χ3n) is 3.99. The van der Waals surface area contributed by atoms with Gasteiger partial charge in [0.05, 0.1) is 20.1 Å². The number of carbonyl (C=O) groups is 2. The van der Waals surface area contributed by atoms with Gasteiger partial charge in [0.1, 0.15) is 5.75 Å². The number of hydrogen-bond acceptors (Lipinski definition) is 4. The van der Waals surface area contributed by atoms with Crippen LogP contribution in [0.15, 0.2) is 48.5 Å². The summed E-state index contributed by atoms with van der Waals surface area (Å²) in [4.78, 5) is 26.4. The maximum absolute atomic E-state index is 13.0. The van der Waals surface area contributed by atoms with Crippen LogP contribution in [-0.4, -0.2) is 37.0 Å². The summed E-state index contributed by atoms with van der Waals surface area (Å²) >= 11 is 0. The van der Waals surface area contributed by atoms with Gasteiger partial charge in [0.25, 0.3) is 5.91 Å². The Morgan fingerprint density at radius 3 is 2.46 bits per heavy atom. The molecule has 0 spiro atoms. The van der Waals surface area contributed by atoms with Gasteiger partial charge < -0.3 is 14.4 Å². The zero-order chi connectivity index (χ0) is 18.9. The van der Waals surface area contributed by atoms with Gasteiger partial charge in [-0.15, -0.1) is 0 Å². The number of esters is 1. The fourth-order valence-corrected chi connectivity index (χ4v) is 2.56. The number of amides is 1. The molecule has 0 unspecified atom stereocenters. The highest BCUT2D eigenvalue weighted by Gasteiger charge is 2.18. The normalized spacial score (nSPS) is 10.3. The van der Waals surface area contributed by atoms with Gasteiger partial charge in [-0.25, -0.2) is 0 Å². The Balaban J connectivity index is 2.18. The third-order valence-corrected chi connectivity index (χ3v) is 3.99. The number of nitrogens with zero attached hydrogens (tertiary/aromatic N) is 1. The molecule has 0 saturated carbocycles. The standard InChI is InChI=1S/C21H25NO4/c1-4-26-20(23)12-13-22(15-17-10-8-16(2)9-11-17)21(24)18-6-5-7-19(14-18)25-3/h5-11,14H,4,12-13,15H2,1-3H3. The van der Waals surface area contributed by atoms with E-state index in [4.69, 9.17) is 9.47 Å². The first-order valence-electron chi connectivity index (χ1n) is 8.68. The van der Waals surface area contributed by atoms with Crippen LogP contribution >= 0.6 is 0 Å². The molecule has 0 heterocycles. The van der Waals surface area contributed by atoms with Crippen molar-refractivity contribution in [1.29, 1.82) is 0 Å². The van der Waals surface area contributed by atoms with Crippen LogP contribution < -0.4 is 4.74 Å². The van der Waals surface area contributed by atoms with Crippen molar-refractivity contribution in [2.45, 2.75) is 26.8 Å². The molecule has 1 amide bonds. The summed E-state index contributed by atoms with van der Waals surface area (Å²) in [5.41, 5.74) is 2.70. The van der Waals surface area contributed by atoms with E-state index in [1.165, 1.54) is 0 Å². The molecule has 0 aliphatic carbocycles. The lowest BCUT2D eigenvalue weighted by Crippen LogP contribution is -2.33. The quantitative estimate of drug-likeness (QED) is 0.679. The number of carbonyl (C=O) groups excluding carboxylic acids is 2. The topological polar surface area (TPSA) is 55.8 Å². The van der Waals surface area contributed by atoms with E-state index >= 15 is 0 Å². The van der Waals surface area contributed by atoms with Crippen LogP contribution in [0.5, 0.6) is 5.75 Å². The van der Waals surface area contributed by atoms with E-state index in [2.05, 4.69) is 0 Å². The van der Waals surface area contributed by atoms with E-state index in [0.717, 1.165) is 11.1 Å². The number of benzene rings is 2. The Labute approximate surface area is 154 Å². The maximum Gasteiger partial charge on any atom is 0.307 e. The van der Waals surface area contributed by atoms with Crippen molar-refractivity contribution in [3.8, 4) is 5.75 Å². The van der Waals surface area contributed by atoms with Gasteiger partial charge in [-0.3, -0.25) is 9.59 Å². The minimum atomic E-state index is -0.306. The Kier molecular flexibility index (Phi) is 7.21. The highest BCUT2D eigenvalue weighted by atomic mass is 16.5. The summed E-state index contributed by atoms with van der Waals surface area (Å²) in [6.45, 7) is 4.84. The molecule has 0 atom stereocenters.